The summed E-state index contributed by atoms with van der Waals surface area (Å²) in [6, 6.07) is 4.86. The van der Waals surface area contributed by atoms with Gasteiger partial charge in [0.2, 0.25) is 0 Å². The molecule has 0 atom stereocenters. The number of nitrogens with zero attached hydrogens (tertiary/aromatic N) is 1. The van der Waals surface area contributed by atoms with E-state index in [4.69, 9.17) is 14.6 Å². The first-order chi connectivity index (χ1) is 10.4. The molecule has 0 fully saturated rings. The molecule has 0 aromatic heterocycles. The van der Waals surface area contributed by atoms with Crippen molar-refractivity contribution in [3.8, 4) is 11.5 Å². The molecule has 122 valence electrons. The van der Waals surface area contributed by atoms with E-state index in [0.717, 1.165) is 0 Å². The molecule has 0 radical (unpaired) electrons. The Bertz CT molecular complexity index is 527. The van der Waals surface area contributed by atoms with Gasteiger partial charge in [0.25, 0.3) is 5.91 Å². The number of hydrogen-bond acceptors (Lipinski definition) is 4. The van der Waals surface area contributed by atoms with E-state index in [1.165, 1.54) is 12.0 Å². The lowest BCUT2D eigenvalue weighted by molar-refractivity contribution is -0.137. The monoisotopic (exact) mass is 309 g/mol. The number of likely N-dealkylation sites (N-methyl/N-ethyl adjacent to an activating group) is 1. The second-order valence-electron chi connectivity index (χ2n) is 5.28. The number of carbonyl (C=O) groups is 2. The number of methoxy groups -OCH3 is 1. The van der Waals surface area contributed by atoms with Gasteiger partial charge in [-0.2, -0.15) is 0 Å². The van der Waals surface area contributed by atoms with E-state index in [0.29, 0.717) is 36.1 Å². The van der Waals surface area contributed by atoms with Gasteiger partial charge in [0.1, 0.15) is 6.54 Å². The Labute approximate surface area is 130 Å². The standard InChI is InChI=1S/C16H23NO5/c1-5-17(9-15(18)19)16(20)12-6-7-13(14(8-12)21-4)22-10-11(2)3/h6-8,11H,5,9-10H2,1-4H3,(H,18,19). The number of amides is 1. The maximum Gasteiger partial charge on any atom is 0.323 e. The zero-order valence-corrected chi connectivity index (χ0v) is 13.5. The molecule has 0 aliphatic heterocycles. The Morgan fingerprint density at radius 1 is 1.27 bits per heavy atom. The number of hydrogen-bond donors (Lipinski definition) is 1. The Morgan fingerprint density at radius 3 is 2.45 bits per heavy atom. The lowest BCUT2D eigenvalue weighted by atomic mass is 10.1. The third-order valence-electron chi connectivity index (χ3n) is 2.98. The predicted molar refractivity (Wildman–Crippen MR) is 82.5 cm³/mol. The minimum absolute atomic E-state index is 0.319. The van der Waals surface area contributed by atoms with E-state index in [9.17, 15) is 9.59 Å². The van der Waals surface area contributed by atoms with Crippen LogP contribution in [0, 0.1) is 5.92 Å². The van der Waals surface area contributed by atoms with Crippen LogP contribution in [0.1, 0.15) is 31.1 Å². The van der Waals surface area contributed by atoms with Crippen molar-refractivity contribution in [1.82, 2.24) is 4.90 Å². The Morgan fingerprint density at radius 2 is 1.95 bits per heavy atom. The SMILES string of the molecule is CCN(CC(=O)O)C(=O)c1ccc(OCC(C)C)c(OC)c1. The Balaban J connectivity index is 2.96. The number of carboxylic acids is 1. The second-order valence-corrected chi connectivity index (χ2v) is 5.28. The van der Waals surface area contributed by atoms with Gasteiger partial charge < -0.3 is 19.5 Å². The zero-order valence-electron chi connectivity index (χ0n) is 13.5. The van der Waals surface area contributed by atoms with Crippen LogP contribution in [0.2, 0.25) is 0 Å². The molecule has 1 aromatic rings. The lowest BCUT2D eigenvalue weighted by Crippen LogP contribution is -2.35. The van der Waals surface area contributed by atoms with Crippen LogP contribution in [-0.4, -0.2) is 48.7 Å². The van der Waals surface area contributed by atoms with Crippen molar-refractivity contribution in [1.29, 1.82) is 0 Å². The van der Waals surface area contributed by atoms with Gasteiger partial charge in [0, 0.05) is 12.1 Å². The molecule has 1 rings (SSSR count). The van der Waals surface area contributed by atoms with E-state index in [1.807, 2.05) is 13.8 Å². The first kappa shape index (κ1) is 17.8. The molecule has 0 aliphatic carbocycles. The zero-order chi connectivity index (χ0) is 16.7. The van der Waals surface area contributed by atoms with Gasteiger partial charge in [-0.25, -0.2) is 0 Å². The lowest BCUT2D eigenvalue weighted by Gasteiger charge is -2.19. The first-order valence-electron chi connectivity index (χ1n) is 7.20. The summed E-state index contributed by atoms with van der Waals surface area (Å²) >= 11 is 0. The van der Waals surface area contributed by atoms with Gasteiger partial charge in [-0.3, -0.25) is 9.59 Å². The summed E-state index contributed by atoms with van der Waals surface area (Å²) in [5.41, 5.74) is 0.372. The van der Waals surface area contributed by atoms with E-state index in [2.05, 4.69) is 0 Å². The molecule has 0 spiro atoms. The maximum atomic E-state index is 12.3. The molecule has 6 nitrogen and oxygen atoms in total. The molecular weight excluding hydrogens is 286 g/mol. The molecule has 0 saturated heterocycles. The molecule has 1 N–H and O–H groups in total. The Kier molecular flexibility index (Phi) is 6.69. The molecule has 0 aliphatic rings. The average Bonchev–Trinajstić information content (AvgIpc) is 2.49. The van der Waals surface area contributed by atoms with Crippen LogP contribution in [-0.2, 0) is 4.79 Å². The topological polar surface area (TPSA) is 76.1 Å². The quantitative estimate of drug-likeness (QED) is 0.797. The molecule has 1 aromatic carbocycles. The van der Waals surface area contributed by atoms with Crippen molar-refractivity contribution >= 4 is 11.9 Å². The van der Waals surface area contributed by atoms with E-state index < -0.39 is 5.97 Å². The summed E-state index contributed by atoms with van der Waals surface area (Å²) in [4.78, 5) is 24.4. The molecule has 0 unspecified atom stereocenters. The fraction of sp³-hybridized carbons (Fsp3) is 0.500. The van der Waals surface area contributed by atoms with Crippen LogP contribution >= 0.6 is 0 Å². The van der Waals surface area contributed by atoms with Crippen LogP contribution in [0.15, 0.2) is 18.2 Å². The second kappa shape index (κ2) is 8.26. The van der Waals surface area contributed by atoms with Gasteiger partial charge in [-0.15, -0.1) is 0 Å². The fourth-order valence-electron chi connectivity index (χ4n) is 1.85. The summed E-state index contributed by atoms with van der Waals surface area (Å²) < 4.78 is 10.9. The molecule has 22 heavy (non-hydrogen) atoms. The van der Waals surface area contributed by atoms with Gasteiger partial charge in [0.05, 0.1) is 13.7 Å². The van der Waals surface area contributed by atoms with Crippen molar-refractivity contribution < 1.29 is 24.2 Å². The summed E-state index contributed by atoms with van der Waals surface area (Å²) in [6.45, 7) is 6.34. The van der Waals surface area contributed by atoms with Gasteiger partial charge in [-0.1, -0.05) is 13.8 Å². The molecule has 0 heterocycles. The minimum Gasteiger partial charge on any atom is -0.493 e. The third-order valence-corrected chi connectivity index (χ3v) is 2.98. The summed E-state index contributed by atoms with van der Waals surface area (Å²) in [5, 5.41) is 8.84. The van der Waals surface area contributed by atoms with E-state index in [1.54, 1.807) is 25.1 Å². The third kappa shape index (κ3) is 4.95. The van der Waals surface area contributed by atoms with Crippen LogP contribution < -0.4 is 9.47 Å². The van der Waals surface area contributed by atoms with Crippen molar-refractivity contribution in [3.63, 3.8) is 0 Å². The van der Waals surface area contributed by atoms with Crippen molar-refractivity contribution in [2.24, 2.45) is 5.92 Å². The highest BCUT2D eigenvalue weighted by Gasteiger charge is 2.18. The summed E-state index contributed by atoms with van der Waals surface area (Å²) in [6.07, 6.45) is 0. The molecular formula is C16H23NO5. The Hall–Kier alpha value is -2.24. The number of ether oxygens (including phenoxy) is 2. The highest BCUT2D eigenvalue weighted by Crippen LogP contribution is 2.29. The number of aliphatic carboxylic acids is 1. The van der Waals surface area contributed by atoms with Gasteiger partial charge in [0.15, 0.2) is 11.5 Å². The van der Waals surface area contributed by atoms with Gasteiger partial charge in [-0.05, 0) is 31.0 Å². The summed E-state index contributed by atoms with van der Waals surface area (Å²) in [5.74, 6) is 0.00161. The maximum absolute atomic E-state index is 12.3. The highest BCUT2D eigenvalue weighted by molar-refractivity contribution is 5.96. The highest BCUT2D eigenvalue weighted by atomic mass is 16.5. The number of carbonyl (C=O) groups excluding carboxylic acids is 1. The number of rotatable bonds is 8. The summed E-state index contributed by atoms with van der Waals surface area (Å²) in [7, 11) is 1.50. The molecule has 0 saturated carbocycles. The van der Waals surface area contributed by atoms with Gasteiger partial charge >= 0.3 is 5.97 Å². The molecule has 6 heteroatoms. The van der Waals surface area contributed by atoms with Crippen LogP contribution in [0.4, 0.5) is 0 Å². The number of benzene rings is 1. The van der Waals surface area contributed by atoms with Crippen LogP contribution in [0.25, 0.3) is 0 Å². The minimum atomic E-state index is -1.04. The molecule has 0 bridgehead atoms. The largest absolute Gasteiger partial charge is 0.493 e. The van der Waals surface area contributed by atoms with Crippen LogP contribution in [0.3, 0.4) is 0 Å². The van der Waals surface area contributed by atoms with Crippen molar-refractivity contribution in [2.75, 3.05) is 26.8 Å². The van der Waals surface area contributed by atoms with E-state index in [-0.39, 0.29) is 12.5 Å². The molecule has 1 amide bonds. The van der Waals surface area contributed by atoms with Crippen LogP contribution in [0.5, 0.6) is 11.5 Å². The average molecular weight is 309 g/mol. The number of carboxylic acid groups (broad SMARTS) is 1. The first-order valence-corrected chi connectivity index (χ1v) is 7.20. The fourth-order valence-corrected chi connectivity index (χ4v) is 1.85. The van der Waals surface area contributed by atoms with Crippen molar-refractivity contribution in [3.05, 3.63) is 23.8 Å². The predicted octanol–water partition coefficient (Wildman–Crippen LogP) is 2.28. The van der Waals surface area contributed by atoms with Crippen molar-refractivity contribution in [2.45, 2.75) is 20.8 Å². The van der Waals surface area contributed by atoms with E-state index >= 15 is 0 Å². The normalized spacial score (nSPS) is 10.4. The smallest absolute Gasteiger partial charge is 0.323 e.